The van der Waals surface area contributed by atoms with Gasteiger partial charge in [0.15, 0.2) is 0 Å². The van der Waals surface area contributed by atoms with Gasteiger partial charge < -0.3 is 14.7 Å². The van der Waals surface area contributed by atoms with Crippen molar-refractivity contribution >= 4 is 11.8 Å². The highest BCUT2D eigenvalue weighted by Crippen LogP contribution is 2.60. The molecule has 6 nitrogen and oxygen atoms in total. The largest absolute Gasteiger partial charge is 0.361 e. The Labute approximate surface area is 148 Å². The van der Waals surface area contributed by atoms with Crippen molar-refractivity contribution in [1.82, 2.24) is 15.4 Å². The number of hydrogen-bond donors (Lipinski definition) is 1. The number of aromatic nitrogens is 1. The van der Waals surface area contributed by atoms with E-state index in [1.165, 1.54) is 19.3 Å². The Morgan fingerprint density at radius 2 is 1.84 bits per heavy atom. The monoisotopic (exact) mass is 345 g/mol. The first-order valence-electron chi connectivity index (χ1n) is 9.38. The van der Waals surface area contributed by atoms with Crippen LogP contribution in [0.5, 0.6) is 0 Å². The third-order valence-corrected chi connectivity index (χ3v) is 6.42. The van der Waals surface area contributed by atoms with Gasteiger partial charge in [0.05, 0.1) is 13.1 Å². The fourth-order valence-corrected chi connectivity index (χ4v) is 5.69. The van der Waals surface area contributed by atoms with Gasteiger partial charge in [-0.05, 0) is 63.2 Å². The van der Waals surface area contributed by atoms with Gasteiger partial charge in [0, 0.05) is 18.5 Å². The van der Waals surface area contributed by atoms with Crippen LogP contribution < -0.4 is 5.32 Å². The SMILES string of the molecule is Cc1cc(CN(C)C(=O)CNC(=O)C23CC4CC(CC(C4)C2)C3)no1. The first-order valence-corrected chi connectivity index (χ1v) is 9.38. The summed E-state index contributed by atoms with van der Waals surface area (Å²) in [5.41, 5.74) is 0.525. The van der Waals surface area contributed by atoms with Crippen LogP contribution in [0, 0.1) is 30.1 Å². The fourth-order valence-electron chi connectivity index (χ4n) is 5.69. The topological polar surface area (TPSA) is 75.4 Å². The molecule has 0 atom stereocenters. The molecular weight excluding hydrogens is 318 g/mol. The Morgan fingerprint density at radius 3 is 2.36 bits per heavy atom. The van der Waals surface area contributed by atoms with Gasteiger partial charge in [-0.1, -0.05) is 5.16 Å². The summed E-state index contributed by atoms with van der Waals surface area (Å²) in [5, 5.41) is 6.84. The summed E-state index contributed by atoms with van der Waals surface area (Å²) in [6.45, 7) is 2.28. The van der Waals surface area contributed by atoms with Crippen LogP contribution in [-0.2, 0) is 16.1 Å². The molecule has 25 heavy (non-hydrogen) atoms. The van der Waals surface area contributed by atoms with Crippen molar-refractivity contribution in [3.8, 4) is 0 Å². The van der Waals surface area contributed by atoms with E-state index in [1.54, 1.807) is 11.9 Å². The maximum atomic E-state index is 12.9. The van der Waals surface area contributed by atoms with E-state index in [0.717, 1.165) is 48.5 Å². The van der Waals surface area contributed by atoms with E-state index in [-0.39, 0.29) is 23.8 Å². The zero-order valence-electron chi connectivity index (χ0n) is 15.1. The number of carbonyl (C=O) groups excluding carboxylic acids is 2. The molecule has 0 aliphatic heterocycles. The Balaban J connectivity index is 1.32. The fraction of sp³-hybridized carbons (Fsp3) is 0.737. The summed E-state index contributed by atoms with van der Waals surface area (Å²) in [4.78, 5) is 26.8. The summed E-state index contributed by atoms with van der Waals surface area (Å²) in [6, 6.07) is 1.82. The molecular formula is C19H27N3O3. The average molecular weight is 345 g/mol. The van der Waals surface area contributed by atoms with Gasteiger partial charge in [0.2, 0.25) is 11.8 Å². The highest BCUT2D eigenvalue weighted by Gasteiger charge is 2.54. The molecule has 1 N–H and O–H groups in total. The lowest BCUT2D eigenvalue weighted by Gasteiger charge is -2.55. The van der Waals surface area contributed by atoms with Crippen LogP contribution in [0.25, 0.3) is 0 Å². The Bertz CT molecular complexity index is 646. The number of nitrogens with one attached hydrogen (secondary N) is 1. The van der Waals surface area contributed by atoms with Crippen molar-refractivity contribution in [3.63, 3.8) is 0 Å². The van der Waals surface area contributed by atoms with Crippen molar-refractivity contribution in [3.05, 3.63) is 17.5 Å². The minimum absolute atomic E-state index is 0.0634. The van der Waals surface area contributed by atoms with Crippen LogP contribution in [0.1, 0.15) is 50.0 Å². The number of hydrogen-bond acceptors (Lipinski definition) is 4. The second-order valence-electron chi connectivity index (χ2n) is 8.56. The number of carbonyl (C=O) groups is 2. The molecule has 4 fully saturated rings. The van der Waals surface area contributed by atoms with Crippen LogP contribution in [0.3, 0.4) is 0 Å². The maximum absolute atomic E-state index is 12.9. The summed E-state index contributed by atoms with van der Waals surface area (Å²) in [5.74, 6) is 2.91. The third kappa shape index (κ3) is 3.18. The molecule has 4 aliphatic carbocycles. The summed E-state index contributed by atoms with van der Waals surface area (Å²) < 4.78 is 5.02. The van der Waals surface area contributed by atoms with E-state index in [1.807, 2.05) is 13.0 Å². The van der Waals surface area contributed by atoms with Crippen LogP contribution in [0.2, 0.25) is 0 Å². The molecule has 5 rings (SSSR count). The lowest BCUT2D eigenvalue weighted by Crippen LogP contribution is -2.54. The summed E-state index contributed by atoms with van der Waals surface area (Å²) >= 11 is 0. The number of nitrogens with zero attached hydrogens (tertiary/aromatic N) is 2. The van der Waals surface area contributed by atoms with Crippen molar-refractivity contribution in [1.29, 1.82) is 0 Å². The quantitative estimate of drug-likeness (QED) is 0.888. The second kappa shape index (κ2) is 6.15. The minimum Gasteiger partial charge on any atom is -0.361 e. The van der Waals surface area contributed by atoms with Crippen LogP contribution in [0.4, 0.5) is 0 Å². The smallest absolute Gasteiger partial charge is 0.242 e. The lowest BCUT2D eigenvalue weighted by atomic mass is 9.49. The molecule has 4 bridgehead atoms. The predicted molar refractivity (Wildman–Crippen MR) is 91.3 cm³/mol. The van der Waals surface area contributed by atoms with Crippen LogP contribution in [-0.4, -0.2) is 35.5 Å². The molecule has 0 unspecified atom stereocenters. The average Bonchev–Trinajstić information content (AvgIpc) is 2.95. The van der Waals surface area contributed by atoms with E-state index in [2.05, 4.69) is 10.5 Å². The molecule has 1 heterocycles. The highest BCUT2D eigenvalue weighted by molar-refractivity contribution is 5.88. The molecule has 1 aromatic heterocycles. The molecule has 0 aromatic carbocycles. The van der Waals surface area contributed by atoms with Gasteiger partial charge in [-0.2, -0.15) is 0 Å². The van der Waals surface area contributed by atoms with Crippen LogP contribution in [0.15, 0.2) is 10.6 Å². The Hall–Kier alpha value is -1.85. The Kier molecular flexibility index (Phi) is 4.08. The van der Waals surface area contributed by atoms with E-state index >= 15 is 0 Å². The number of likely N-dealkylation sites (N-methyl/N-ethyl adjacent to an activating group) is 1. The molecule has 136 valence electrons. The standard InChI is InChI=1S/C19H27N3O3/c1-12-3-16(21-25-12)11-22(2)17(23)10-20-18(24)19-7-13-4-14(8-19)6-15(5-13)9-19/h3,13-15H,4-11H2,1-2H3,(H,20,24). The number of aryl methyl sites for hydroxylation is 1. The molecule has 1 aromatic rings. The zero-order chi connectivity index (χ0) is 17.6. The van der Waals surface area contributed by atoms with E-state index in [9.17, 15) is 9.59 Å². The molecule has 6 heteroatoms. The molecule has 0 spiro atoms. The lowest BCUT2D eigenvalue weighted by molar-refractivity contribution is -0.147. The molecule has 4 saturated carbocycles. The molecule has 0 saturated heterocycles. The predicted octanol–water partition coefficient (Wildman–Crippen LogP) is 2.27. The van der Waals surface area contributed by atoms with Crippen molar-refractivity contribution in [2.75, 3.05) is 13.6 Å². The number of amides is 2. The Morgan fingerprint density at radius 1 is 1.24 bits per heavy atom. The van der Waals surface area contributed by atoms with Gasteiger partial charge in [-0.25, -0.2) is 0 Å². The van der Waals surface area contributed by atoms with E-state index in [4.69, 9.17) is 4.52 Å². The van der Waals surface area contributed by atoms with Gasteiger partial charge in [0.25, 0.3) is 0 Å². The van der Waals surface area contributed by atoms with Crippen molar-refractivity contribution in [2.24, 2.45) is 23.2 Å². The van der Waals surface area contributed by atoms with E-state index < -0.39 is 0 Å². The van der Waals surface area contributed by atoms with Gasteiger partial charge in [-0.15, -0.1) is 0 Å². The van der Waals surface area contributed by atoms with Gasteiger partial charge >= 0.3 is 0 Å². The minimum atomic E-state index is -0.198. The molecule has 4 aliphatic rings. The summed E-state index contributed by atoms with van der Waals surface area (Å²) in [6.07, 6.45) is 7.00. The van der Waals surface area contributed by atoms with Crippen molar-refractivity contribution in [2.45, 2.75) is 52.0 Å². The third-order valence-electron chi connectivity index (χ3n) is 6.42. The first kappa shape index (κ1) is 16.6. The van der Waals surface area contributed by atoms with Crippen molar-refractivity contribution < 1.29 is 14.1 Å². The summed E-state index contributed by atoms with van der Waals surface area (Å²) in [7, 11) is 1.73. The maximum Gasteiger partial charge on any atom is 0.242 e. The molecule has 2 amide bonds. The van der Waals surface area contributed by atoms with Gasteiger partial charge in [0.1, 0.15) is 11.5 Å². The second-order valence-corrected chi connectivity index (χ2v) is 8.56. The first-order chi connectivity index (χ1) is 11.9. The zero-order valence-corrected chi connectivity index (χ0v) is 15.1. The van der Waals surface area contributed by atoms with Crippen LogP contribution >= 0.6 is 0 Å². The highest BCUT2D eigenvalue weighted by atomic mass is 16.5. The van der Waals surface area contributed by atoms with E-state index in [0.29, 0.717) is 6.54 Å². The normalized spacial score (nSPS) is 32.6. The van der Waals surface area contributed by atoms with Gasteiger partial charge in [-0.3, -0.25) is 9.59 Å². The number of rotatable bonds is 5. The molecule has 0 radical (unpaired) electrons.